The molecule has 0 saturated heterocycles. The number of nitrogens with one attached hydrogen (secondary N) is 1. The van der Waals surface area contributed by atoms with Crippen molar-refractivity contribution in [2.75, 3.05) is 16.8 Å². The number of ketones is 1. The Kier molecular flexibility index (Phi) is 6.44. The molecule has 0 saturated carbocycles. The van der Waals surface area contributed by atoms with Gasteiger partial charge in [-0.3, -0.25) is 14.4 Å². The van der Waals surface area contributed by atoms with E-state index in [-0.39, 0.29) is 11.7 Å². The van der Waals surface area contributed by atoms with Crippen molar-refractivity contribution in [3.63, 3.8) is 0 Å². The fraction of sp³-hybridized carbons (Fsp3) is 0.190. The van der Waals surface area contributed by atoms with Gasteiger partial charge in [0, 0.05) is 35.1 Å². The fourth-order valence-corrected chi connectivity index (χ4v) is 2.49. The average molecular weight is 350 g/mol. The minimum Gasteiger partial charge on any atom is -0.323 e. The lowest BCUT2D eigenvalue weighted by Gasteiger charge is -2.21. The van der Waals surface area contributed by atoms with Gasteiger partial charge in [-0.15, -0.1) is 0 Å². The predicted octanol–water partition coefficient (Wildman–Crippen LogP) is 3.83. The Hall–Kier alpha value is -3.21. The van der Waals surface area contributed by atoms with E-state index in [4.69, 9.17) is 0 Å². The highest BCUT2D eigenvalue weighted by Crippen LogP contribution is 2.16. The predicted molar refractivity (Wildman–Crippen MR) is 103 cm³/mol. The lowest BCUT2D eigenvalue weighted by molar-refractivity contribution is -0.116. The van der Waals surface area contributed by atoms with Crippen LogP contribution < -0.4 is 10.2 Å². The molecule has 0 spiro atoms. The molecule has 0 aliphatic carbocycles. The van der Waals surface area contributed by atoms with Crippen molar-refractivity contribution in [3.05, 3.63) is 71.8 Å². The zero-order valence-electron chi connectivity index (χ0n) is 15.2. The fourth-order valence-electron chi connectivity index (χ4n) is 2.49. The van der Waals surface area contributed by atoms with Crippen molar-refractivity contribution in [3.8, 4) is 0 Å². The summed E-state index contributed by atoms with van der Waals surface area (Å²) in [7, 11) is 0. The average Bonchev–Trinajstić information content (AvgIpc) is 2.63. The lowest BCUT2D eigenvalue weighted by Crippen LogP contribution is -2.31. The normalized spacial score (nSPS) is 11.0. The highest BCUT2D eigenvalue weighted by atomic mass is 16.2. The highest BCUT2D eigenvalue weighted by Gasteiger charge is 2.16. The van der Waals surface area contributed by atoms with E-state index in [0.717, 1.165) is 5.69 Å². The molecule has 0 atom stereocenters. The van der Waals surface area contributed by atoms with Crippen molar-refractivity contribution in [2.45, 2.75) is 20.8 Å². The van der Waals surface area contributed by atoms with Crippen molar-refractivity contribution in [1.29, 1.82) is 0 Å². The van der Waals surface area contributed by atoms with Gasteiger partial charge in [0.15, 0.2) is 5.78 Å². The van der Waals surface area contributed by atoms with Crippen LogP contribution in [-0.4, -0.2) is 24.1 Å². The Morgan fingerprint density at radius 2 is 1.58 bits per heavy atom. The molecule has 0 unspecified atom stereocenters. The van der Waals surface area contributed by atoms with E-state index < -0.39 is 5.91 Å². The van der Waals surface area contributed by atoms with Gasteiger partial charge >= 0.3 is 0 Å². The van der Waals surface area contributed by atoms with Crippen molar-refractivity contribution in [2.24, 2.45) is 0 Å². The maximum Gasteiger partial charge on any atom is 0.254 e. The molecule has 5 heteroatoms. The van der Waals surface area contributed by atoms with Crippen LogP contribution in [0.5, 0.6) is 0 Å². The highest BCUT2D eigenvalue weighted by molar-refractivity contribution is 6.11. The van der Waals surface area contributed by atoms with Crippen LogP contribution in [0.25, 0.3) is 0 Å². The number of benzene rings is 2. The van der Waals surface area contributed by atoms with Crippen LogP contribution in [0.4, 0.5) is 11.4 Å². The number of carbonyl (C=O) groups excluding carboxylic acids is 3. The molecule has 0 radical (unpaired) electrons. The molecule has 5 nitrogen and oxygen atoms in total. The van der Waals surface area contributed by atoms with Gasteiger partial charge in [0.2, 0.25) is 5.91 Å². The Morgan fingerprint density at radius 3 is 2.12 bits per heavy atom. The molecule has 0 bridgehead atoms. The van der Waals surface area contributed by atoms with Crippen LogP contribution in [0, 0.1) is 0 Å². The van der Waals surface area contributed by atoms with Crippen LogP contribution in [0.1, 0.15) is 31.1 Å². The molecule has 26 heavy (non-hydrogen) atoms. The van der Waals surface area contributed by atoms with Crippen LogP contribution >= 0.6 is 0 Å². The number of hydrogen-bond acceptors (Lipinski definition) is 3. The summed E-state index contributed by atoms with van der Waals surface area (Å²) in [5.41, 5.74) is 2.26. The standard InChI is InChI=1S/C21H22N2O3/c1-4-23(19-8-6-5-7-9-19)21(26)15(2)14-20(25)22-18-12-10-17(11-13-18)16(3)24/h5-14H,4H2,1-3H3,(H,22,25)/b15-14-. The molecule has 1 N–H and O–H groups in total. The van der Waals surface area contributed by atoms with Crippen LogP contribution in [0.2, 0.25) is 0 Å². The maximum atomic E-state index is 12.6. The van der Waals surface area contributed by atoms with Crippen LogP contribution in [0.3, 0.4) is 0 Å². The van der Waals surface area contributed by atoms with Gasteiger partial charge in [-0.25, -0.2) is 0 Å². The molecule has 134 valence electrons. The monoisotopic (exact) mass is 350 g/mol. The first-order valence-corrected chi connectivity index (χ1v) is 8.39. The third-order valence-electron chi connectivity index (χ3n) is 3.87. The Balaban J connectivity index is 2.08. The molecular weight excluding hydrogens is 328 g/mol. The molecular formula is C21H22N2O3. The summed E-state index contributed by atoms with van der Waals surface area (Å²) >= 11 is 0. The van der Waals surface area contributed by atoms with Gasteiger partial charge in [0.05, 0.1) is 0 Å². The van der Waals surface area contributed by atoms with E-state index in [9.17, 15) is 14.4 Å². The summed E-state index contributed by atoms with van der Waals surface area (Å²) in [4.78, 5) is 37.7. The summed E-state index contributed by atoms with van der Waals surface area (Å²) in [5, 5.41) is 2.69. The van der Waals surface area contributed by atoms with E-state index in [1.165, 1.54) is 13.0 Å². The summed E-state index contributed by atoms with van der Waals surface area (Å²) < 4.78 is 0. The van der Waals surface area contributed by atoms with E-state index in [1.807, 2.05) is 37.3 Å². The number of likely N-dealkylation sites (N-methyl/N-ethyl adjacent to an activating group) is 1. The first-order chi connectivity index (χ1) is 12.4. The zero-order valence-corrected chi connectivity index (χ0v) is 15.2. The topological polar surface area (TPSA) is 66.5 Å². The minimum absolute atomic E-state index is 0.0372. The second-order valence-electron chi connectivity index (χ2n) is 5.84. The minimum atomic E-state index is -0.393. The third kappa shape index (κ3) is 4.89. The number of nitrogens with zero attached hydrogens (tertiary/aromatic N) is 1. The van der Waals surface area contributed by atoms with E-state index >= 15 is 0 Å². The van der Waals surface area contributed by atoms with Crippen molar-refractivity contribution >= 4 is 29.0 Å². The number of anilines is 2. The summed E-state index contributed by atoms with van der Waals surface area (Å²) in [6.07, 6.45) is 1.28. The van der Waals surface area contributed by atoms with Gasteiger partial charge in [-0.05, 0) is 57.2 Å². The Morgan fingerprint density at radius 1 is 0.962 bits per heavy atom. The van der Waals surface area contributed by atoms with Gasteiger partial charge in [0.25, 0.3) is 5.91 Å². The van der Waals surface area contributed by atoms with E-state index in [0.29, 0.717) is 23.4 Å². The number of hydrogen-bond donors (Lipinski definition) is 1. The number of rotatable bonds is 6. The summed E-state index contributed by atoms with van der Waals surface area (Å²) in [6.45, 7) is 5.49. The third-order valence-corrected chi connectivity index (χ3v) is 3.87. The van der Waals surface area contributed by atoms with Crippen molar-refractivity contribution < 1.29 is 14.4 Å². The largest absolute Gasteiger partial charge is 0.323 e. The second-order valence-corrected chi connectivity index (χ2v) is 5.84. The quantitative estimate of drug-likeness (QED) is 0.636. The lowest BCUT2D eigenvalue weighted by atomic mass is 10.1. The number of carbonyl (C=O) groups is 3. The van der Waals surface area contributed by atoms with Crippen LogP contribution in [0.15, 0.2) is 66.2 Å². The molecule has 2 amide bonds. The van der Waals surface area contributed by atoms with E-state index in [1.54, 1.807) is 36.1 Å². The van der Waals surface area contributed by atoms with E-state index in [2.05, 4.69) is 5.32 Å². The number of para-hydroxylation sites is 1. The first-order valence-electron chi connectivity index (χ1n) is 8.39. The van der Waals surface area contributed by atoms with Gasteiger partial charge in [0.1, 0.15) is 0 Å². The van der Waals surface area contributed by atoms with Crippen LogP contribution in [-0.2, 0) is 9.59 Å². The van der Waals surface area contributed by atoms with Gasteiger partial charge in [-0.1, -0.05) is 18.2 Å². The molecule has 2 rings (SSSR count). The van der Waals surface area contributed by atoms with Crippen molar-refractivity contribution in [1.82, 2.24) is 0 Å². The van der Waals surface area contributed by atoms with Gasteiger partial charge in [-0.2, -0.15) is 0 Å². The summed E-state index contributed by atoms with van der Waals surface area (Å²) in [6, 6.07) is 15.9. The molecule has 0 aliphatic heterocycles. The smallest absolute Gasteiger partial charge is 0.254 e. The molecule has 2 aromatic rings. The summed E-state index contributed by atoms with van der Waals surface area (Å²) in [5.74, 6) is -0.652. The molecule has 0 heterocycles. The molecule has 0 aliphatic rings. The number of amides is 2. The maximum absolute atomic E-state index is 12.6. The first kappa shape index (κ1) is 19.1. The zero-order chi connectivity index (χ0) is 19.1. The second kappa shape index (κ2) is 8.76. The molecule has 0 fully saturated rings. The Labute approximate surface area is 153 Å². The Bertz CT molecular complexity index is 824. The van der Waals surface area contributed by atoms with Gasteiger partial charge < -0.3 is 10.2 Å². The molecule has 0 aromatic heterocycles. The number of Topliss-reactive ketones (excluding diaryl/α,β-unsaturated/α-hetero) is 1. The molecule has 2 aromatic carbocycles. The SMILES string of the molecule is CCN(C(=O)/C(C)=C\C(=O)Nc1ccc(C(C)=O)cc1)c1ccccc1.